The molecule has 1 aliphatic heterocycles. The fourth-order valence-electron chi connectivity index (χ4n) is 5.50. The second-order valence-electron chi connectivity index (χ2n) is 10.7. The topological polar surface area (TPSA) is 114 Å². The number of thioether (sulfide) groups is 1. The molecule has 0 unspecified atom stereocenters. The van der Waals surface area contributed by atoms with Crippen LogP contribution >= 0.6 is 11.8 Å². The number of aromatic nitrogens is 1. The van der Waals surface area contributed by atoms with E-state index in [0.29, 0.717) is 29.1 Å². The van der Waals surface area contributed by atoms with Gasteiger partial charge in [0.2, 0.25) is 5.91 Å². The van der Waals surface area contributed by atoms with Crippen molar-refractivity contribution in [1.82, 2.24) is 15.2 Å². The maximum atomic E-state index is 14.5. The number of nitrogens with zero attached hydrogens (tertiary/aromatic N) is 4. The summed E-state index contributed by atoms with van der Waals surface area (Å²) in [4.78, 5) is 30.2. The lowest BCUT2D eigenvalue weighted by atomic mass is 10.00. The number of fused-ring (bicyclic) bond motifs is 2. The summed E-state index contributed by atoms with van der Waals surface area (Å²) >= 11 is 1.54. The highest BCUT2D eigenvalue weighted by Crippen LogP contribution is 2.45. The Morgan fingerprint density at radius 2 is 1.67 bits per heavy atom. The van der Waals surface area contributed by atoms with Crippen molar-refractivity contribution in [1.29, 1.82) is 10.5 Å². The van der Waals surface area contributed by atoms with Crippen LogP contribution in [0.15, 0.2) is 77.7 Å². The van der Waals surface area contributed by atoms with Crippen molar-refractivity contribution < 1.29 is 9.59 Å². The number of hydrogen-bond donors (Lipinski definition) is 2. The van der Waals surface area contributed by atoms with Crippen LogP contribution in [0.5, 0.6) is 0 Å². The summed E-state index contributed by atoms with van der Waals surface area (Å²) in [5.41, 5.74) is 3.53. The number of likely N-dealkylation sites (N-methyl/N-ethyl adjacent to an activating group) is 1. The molecule has 9 heteroatoms. The predicted octanol–water partition coefficient (Wildman–Crippen LogP) is 5.27. The van der Waals surface area contributed by atoms with Gasteiger partial charge in [0.25, 0.3) is 5.91 Å². The molecule has 5 rings (SSSR count). The molecule has 2 amide bonds. The summed E-state index contributed by atoms with van der Waals surface area (Å²) in [6.45, 7) is 8.36. The number of carbonyl (C=O) groups is 2. The van der Waals surface area contributed by atoms with Crippen molar-refractivity contribution in [3.63, 3.8) is 0 Å². The summed E-state index contributed by atoms with van der Waals surface area (Å²) < 4.78 is 1.13. The number of carbonyl (C=O) groups excluding carboxylic acids is 2. The minimum absolute atomic E-state index is 0.104. The summed E-state index contributed by atoms with van der Waals surface area (Å²) in [7, 11) is 0. The van der Waals surface area contributed by atoms with Crippen LogP contribution in [-0.2, 0) is 16.1 Å². The van der Waals surface area contributed by atoms with Crippen LogP contribution in [0.2, 0.25) is 0 Å². The number of rotatable bonds is 7. The van der Waals surface area contributed by atoms with Crippen molar-refractivity contribution in [3.8, 4) is 17.8 Å². The van der Waals surface area contributed by atoms with Crippen molar-refractivity contribution in [2.45, 2.75) is 56.0 Å². The van der Waals surface area contributed by atoms with Gasteiger partial charge in [-0.1, -0.05) is 49.4 Å². The lowest BCUT2D eigenvalue weighted by molar-refractivity contribution is -0.129. The quantitative estimate of drug-likeness (QED) is 0.310. The van der Waals surface area contributed by atoms with Gasteiger partial charge in [-0.25, -0.2) is 0 Å². The molecule has 2 N–H and O–H groups in total. The Morgan fingerprint density at radius 1 is 1.00 bits per heavy atom. The molecule has 0 saturated heterocycles. The van der Waals surface area contributed by atoms with Gasteiger partial charge in [-0.2, -0.15) is 10.5 Å². The van der Waals surface area contributed by atoms with E-state index >= 15 is 0 Å². The van der Waals surface area contributed by atoms with E-state index in [0.717, 1.165) is 21.5 Å². The Kier molecular flexibility index (Phi) is 8.08. The van der Waals surface area contributed by atoms with E-state index in [1.807, 2.05) is 81.4 Å². The Morgan fingerprint density at radius 3 is 2.38 bits per heavy atom. The van der Waals surface area contributed by atoms with Crippen LogP contribution in [-0.4, -0.2) is 39.8 Å². The molecule has 1 aromatic heterocycles. The van der Waals surface area contributed by atoms with Gasteiger partial charge in [-0.05, 0) is 57.6 Å². The predicted molar refractivity (Wildman–Crippen MR) is 165 cm³/mol. The summed E-state index contributed by atoms with van der Waals surface area (Å²) in [5, 5.41) is 27.3. The maximum absolute atomic E-state index is 14.5. The van der Waals surface area contributed by atoms with Gasteiger partial charge < -0.3 is 15.5 Å². The number of para-hydroxylation sites is 3. The molecule has 0 saturated carbocycles. The van der Waals surface area contributed by atoms with Crippen LogP contribution in [0.25, 0.3) is 16.6 Å². The molecule has 2 atom stereocenters. The fraction of sp³-hybridized carbons (Fsp3) is 0.273. The Balaban J connectivity index is 1.67. The SMILES string of the molecule is CCN[C@@H](C)C(=O)N[C@@H]1C(=O)N(Cc2c(C#N)n(-c3ccccc3C#N)c3ccccc23)c2ccccc2SC1(C)C. The summed E-state index contributed by atoms with van der Waals surface area (Å²) in [5.74, 6) is -0.509. The molecule has 1 aliphatic rings. The Bertz CT molecular complexity index is 1760. The van der Waals surface area contributed by atoms with E-state index < -0.39 is 16.8 Å². The van der Waals surface area contributed by atoms with E-state index in [1.165, 1.54) is 0 Å². The van der Waals surface area contributed by atoms with E-state index in [-0.39, 0.29) is 18.4 Å². The van der Waals surface area contributed by atoms with Gasteiger partial charge >= 0.3 is 0 Å². The normalized spacial score (nSPS) is 16.7. The molecular formula is C33H32N6O2S. The zero-order chi connectivity index (χ0) is 30.0. The highest BCUT2D eigenvalue weighted by atomic mass is 32.2. The van der Waals surface area contributed by atoms with E-state index in [2.05, 4.69) is 22.8 Å². The third-order valence-corrected chi connectivity index (χ3v) is 8.92. The number of anilines is 1. The van der Waals surface area contributed by atoms with E-state index in [9.17, 15) is 20.1 Å². The molecule has 0 spiro atoms. The van der Waals surface area contributed by atoms with Crippen molar-refractivity contribution in [3.05, 3.63) is 89.6 Å². The number of nitriles is 2. The van der Waals surface area contributed by atoms with Gasteiger partial charge in [-0.15, -0.1) is 11.8 Å². The number of hydrogen-bond acceptors (Lipinski definition) is 6. The third-order valence-electron chi connectivity index (χ3n) is 7.59. The summed E-state index contributed by atoms with van der Waals surface area (Å²) in [6.07, 6.45) is 0. The number of nitrogens with one attached hydrogen (secondary N) is 2. The first kappa shape index (κ1) is 28.9. The van der Waals surface area contributed by atoms with Crippen LogP contribution in [0.4, 0.5) is 5.69 Å². The van der Waals surface area contributed by atoms with Crippen LogP contribution in [0.1, 0.15) is 44.5 Å². The first-order valence-electron chi connectivity index (χ1n) is 13.9. The molecule has 3 aromatic carbocycles. The highest BCUT2D eigenvalue weighted by molar-refractivity contribution is 8.01. The van der Waals surface area contributed by atoms with Gasteiger partial charge in [0, 0.05) is 20.6 Å². The second-order valence-corrected chi connectivity index (χ2v) is 12.4. The van der Waals surface area contributed by atoms with Gasteiger partial charge in [-0.3, -0.25) is 14.2 Å². The Hall–Kier alpha value is -4.57. The zero-order valence-corrected chi connectivity index (χ0v) is 24.8. The molecule has 212 valence electrons. The molecule has 0 aliphatic carbocycles. The smallest absolute Gasteiger partial charge is 0.251 e. The van der Waals surface area contributed by atoms with Crippen LogP contribution in [0.3, 0.4) is 0 Å². The maximum Gasteiger partial charge on any atom is 0.251 e. The Labute approximate surface area is 249 Å². The van der Waals surface area contributed by atoms with E-state index in [4.69, 9.17) is 0 Å². The first-order chi connectivity index (χ1) is 20.2. The average molecular weight is 577 g/mol. The fourth-order valence-corrected chi connectivity index (χ4v) is 6.78. The van der Waals surface area contributed by atoms with Crippen molar-refractivity contribution in [2.75, 3.05) is 11.4 Å². The molecule has 8 nitrogen and oxygen atoms in total. The zero-order valence-electron chi connectivity index (χ0n) is 24.0. The number of benzene rings is 3. The van der Waals surface area contributed by atoms with Gasteiger partial charge in [0.05, 0.1) is 35.0 Å². The molecule has 42 heavy (non-hydrogen) atoms. The minimum Gasteiger partial charge on any atom is -0.342 e. The standard InChI is InChI=1S/C33H32N6O2S/c1-5-36-21(2)31(40)37-30-32(41)38(27-16-10-11-17-29(27)42-33(30,3)4)20-24-23-13-7-9-15-26(23)39(28(24)19-35)25-14-8-6-12-22(25)18-34/h6-17,21,30,36H,5,20H2,1-4H3,(H,37,40)/t21-,30+/m0/s1. The largest absolute Gasteiger partial charge is 0.342 e. The molecule has 2 heterocycles. The second kappa shape index (κ2) is 11.7. The minimum atomic E-state index is -0.832. The summed E-state index contributed by atoms with van der Waals surface area (Å²) in [6, 6.07) is 25.8. The molecule has 0 bridgehead atoms. The lowest BCUT2D eigenvalue weighted by Gasteiger charge is -2.33. The van der Waals surface area contributed by atoms with Crippen molar-refractivity contribution in [2.24, 2.45) is 0 Å². The number of amides is 2. The van der Waals surface area contributed by atoms with Crippen molar-refractivity contribution >= 4 is 40.2 Å². The average Bonchev–Trinajstić information content (AvgIpc) is 3.27. The lowest BCUT2D eigenvalue weighted by Crippen LogP contribution is -2.59. The first-order valence-corrected chi connectivity index (χ1v) is 14.7. The third kappa shape index (κ3) is 5.14. The van der Waals surface area contributed by atoms with Crippen LogP contribution in [0, 0.1) is 22.7 Å². The molecule has 0 radical (unpaired) electrons. The molecule has 0 fully saturated rings. The van der Waals surface area contributed by atoms with Crippen LogP contribution < -0.4 is 15.5 Å². The van der Waals surface area contributed by atoms with Gasteiger partial charge in [0.1, 0.15) is 23.9 Å². The molecular weight excluding hydrogens is 544 g/mol. The molecule has 4 aromatic rings. The highest BCUT2D eigenvalue weighted by Gasteiger charge is 2.44. The van der Waals surface area contributed by atoms with Gasteiger partial charge in [0.15, 0.2) is 0 Å². The monoisotopic (exact) mass is 576 g/mol. The van der Waals surface area contributed by atoms with E-state index in [1.54, 1.807) is 40.3 Å².